The first-order valence-electron chi connectivity index (χ1n) is 8.75. The number of benzene rings is 2. The van der Waals surface area contributed by atoms with Gasteiger partial charge in [0.15, 0.2) is 0 Å². The molecule has 2 aromatic carbocycles. The second-order valence-electron chi connectivity index (χ2n) is 6.57. The molecule has 0 spiro atoms. The van der Waals surface area contributed by atoms with Crippen molar-refractivity contribution in [1.29, 1.82) is 0 Å². The summed E-state index contributed by atoms with van der Waals surface area (Å²) in [7, 11) is 0. The van der Waals surface area contributed by atoms with Gasteiger partial charge >= 0.3 is 0 Å². The lowest BCUT2D eigenvalue weighted by molar-refractivity contribution is 0.461. The van der Waals surface area contributed by atoms with Crippen molar-refractivity contribution in [2.24, 2.45) is 5.10 Å². The first-order chi connectivity index (χ1) is 11.8. The number of rotatable bonds is 4. The Hall–Kier alpha value is -2.49. The Labute approximate surface area is 142 Å². The van der Waals surface area contributed by atoms with Gasteiger partial charge in [-0.3, -0.25) is 0 Å². The Morgan fingerprint density at radius 3 is 2.75 bits per heavy atom. The maximum Gasteiger partial charge on any atom is 0.129 e. The number of phenolic OH excluding ortho intramolecular Hbond substituents is 1. The average molecular weight is 321 g/mol. The van der Waals surface area contributed by atoms with Gasteiger partial charge in [-0.2, -0.15) is 5.10 Å². The summed E-state index contributed by atoms with van der Waals surface area (Å²) in [4.78, 5) is 2.44. The van der Waals surface area contributed by atoms with Crippen molar-refractivity contribution in [2.75, 3.05) is 18.0 Å². The lowest BCUT2D eigenvalue weighted by Crippen LogP contribution is -2.34. The molecule has 2 aliphatic rings. The van der Waals surface area contributed by atoms with E-state index in [1.54, 1.807) is 6.21 Å². The highest BCUT2D eigenvalue weighted by atomic mass is 16.3. The fourth-order valence-corrected chi connectivity index (χ4v) is 3.81. The van der Waals surface area contributed by atoms with Crippen LogP contribution in [0.1, 0.15) is 35.1 Å². The zero-order chi connectivity index (χ0) is 16.4. The number of nitrogens with zero attached hydrogens (tertiary/aromatic N) is 2. The summed E-state index contributed by atoms with van der Waals surface area (Å²) >= 11 is 0. The third kappa shape index (κ3) is 2.84. The predicted molar refractivity (Wildman–Crippen MR) is 97.8 cm³/mol. The summed E-state index contributed by atoms with van der Waals surface area (Å²) in [6.45, 7) is 2.92. The van der Waals surface area contributed by atoms with Gasteiger partial charge in [-0.25, -0.2) is 0 Å². The second kappa shape index (κ2) is 6.56. The van der Waals surface area contributed by atoms with Gasteiger partial charge < -0.3 is 15.4 Å². The van der Waals surface area contributed by atoms with Gasteiger partial charge in [-0.1, -0.05) is 30.3 Å². The van der Waals surface area contributed by atoms with E-state index in [1.165, 1.54) is 23.2 Å². The molecule has 4 nitrogen and oxygen atoms in total. The molecule has 0 fully saturated rings. The smallest absolute Gasteiger partial charge is 0.129 e. The number of anilines is 1. The predicted octanol–water partition coefficient (Wildman–Crippen LogP) is 3.21. The number of hydrogen-bond donors (Lipinski definition) is 2. The fraction of sp³-hybridized carbons (Fsp3) is 0.350. The Kier molecular flexibility index (Phi) is 4.11. The number of hydrogen-bond acceptors (Lipinski definition) is 4. The van der Waals surface area contributed by atoms with Crippen molar-refractivity contribution in [2.45, 2.75) is 32.2 Å². The number of phenols is 1. The molecule has 0 amide bonds. The molecule has 0 unspecified atom stereocenters. The number of aryl methyl sites for hydroxylation is 1. The summed E-state index contributed by atoms with van der Waals surface area (Å²) in [5.74, 6) is 0.408. The van der Waals surface area contributed by atoms with E-state index < -0.39 is 0 Å². The SMILES string of the molecule is Oc1c(/C=N/NCc2ccccc2)cc2c3c1CCCN3CCC2. The first-order valence-corrected chi connectivity index (χ1v) is 8.75. The minimum atomic E-state index is 0.408. The van der Waals surface area contributed by atoms with Crippen molar-refractivity contribution in [3.8, 4) is 5.75 Å². The van der Waals surface area contributed by atoms with Crippen molar-refractivity contribution >= 4 is 11.9 Å². The second-order valence-corrected chi connectivity index (χ2v) is 6.57. The van der Waals surface area contributed by atoms with E-state index in [0.29, 0.717) is 12.3 Å². The van der Waals surface area contributed by atoms with Gasteiger partial charge in [0.25, 0.3) is 0 Å². The van der Waals surface area contributed by atoms with Crippen LogP contribution in [0.5, 0.6) is 5.75 Å². The third-order valence-corrected chi connectivity index (χ3v) is 4.95. The van der Waals surface area contributed by atoms with Crippen LogP contribution >= 0.6 is 0 Å². The molecule has 4 heteroatoms. The number of aromatic hydroxyl groups is 1. The summed E-state index contributed by atoms with van der Waals surface area (Å²) in [5, 5.41) is 15.0. The van der Waals surface area contributed by atoms with E-state index >= 15 is 0 Å². The van der Waals surface area contributed by atoms with Crippen LogP contribution in [-0.2, 0) is 19.4 Å². The Morgan fingerprint density at radius 1 is 1.12 bits per heavy atom. The van der Waals surface area contributed by atoms with Crippen LogP contribution in [0.2, 0.25) is 0 Å². The van der Waals surface area contributed by atoms with E-state index in [2.05, 4.69) is 33.6 Å². The molecule has 124 valence electrons. The molecule has 2 N–H and O–H groups in total. The van der Waals surface area contributed by atoms with Crippen molar-refractivity contribution in [3.05, 3.63) is 58.7 Å². The molecule has 0 bridgehead atoms. The minimum Gasteiger partial charge on any atom is -0.507 e. The van der Waals surface area contributed by atoms with Gasteiger partial charge in [0, 0.05) is 29.9 Å². The fourth-order valence-electron chi connectivity index (χ4n) is 3.81. The Morgan fingerprint density at radius 2 is 1.92 bits per heavy atom. The van der Waals surface area contributed by atoms with Crippen molar-refractivity contribution < 1.29 is 5.11 Å². The number of hydrazone groups is 1. The lowest BCUT2D eigenvalue weighted by Gasteiger charge is -2.37. The van der Waals surface area contributed by atoms with Gasteiger partial charge in [-0.05, 0) is 42.9 Å². The molecule has 2 aliphatic heterocycles. The van der Waals surface area contributed by atoms with E-state index in [9.17, 15) is 5.11 Å². The third-order valence-electron chi connectivity index (χ3n) is 4.95. The average Bonchev–Trinajstić information content (AvgIpc) is 2.63. The summed E-state index contributed by atoms with van der Waals surface area (Å²) < 4.78 is 0. The molecule has 0 atom stereocenters. The van der Waals surface area contributed by atoms with Crippen LogP contribution in [0.3, 0.4) is 0 Å². The van der Waals surface area contributed by atoms with E-state index in [-0.39, 0.29) is 0 Å². The highest BCUT2D eigenvalue weighted by Crippen LogP contribution is 2.41. The zero-order valence-corrected chi connectivity index (χ0v) is 13.8. The largest absolute Gasteiger partial charge is 0.507 e. The van der Waals surface area contributed by atoms with Crippen LogP contribution in [-0.4, -0.2) is 24.4 Å². The lowest BCUT2D eigenvalue weighted by atomic mass is 9.89. The maximum atomic E-state index is 10.7. The van der Waals surface area contributed by atoms with Gasteiger partial charge in [0.05, 0.1) is 12.8 Å². The quantitative estimate of drug-likeness (QED) is 0.671. The molecule has 0 aromatic heterocycles. The van der Waals surface area contributed by atoms with Crippen molar-refractivity contribution in [3.63, 3.8) is 0 Å². The summed E-state index contributed by atoms with van der Waals surface area (Å²) in [6, 6.07) is 12.3. The van der Waals surface area contributed by atoms with E-state index in [4.69, 9.17) is 0 Å². The highest BCUT2D eigenvalue weighted by Gasteiger charge is 2.27. The number of nitrogens with one attached hydrogen (secondary N) is 1. The molecular weight excluding hydrogens is 298 g/mol. The standard InChI is InChI=1S/C20H23N3O/c24-20-17(14-22-21-13-15-6-2-1-3-7-15)12-16-8-4-10-23-11-5-9-18(20)19(16)23/h1-3,6-7,12,14,21,24H,4-5,8-11,13H2/b22-14+. The Balaban J connectivity index is 1.54. The van der Waals surface area contributed by atoms with Crippen LogP contribution in [0.25, 0.3) is 0 Å². The van der Waals surface area contributed by atoms with Crippen LogP contribution in [0, 0.1) is 0 Å². The van der Waals surface area contributed by atoms with Crippen molar-refractivity contribution in [1.82, 2.24) is 5.43 Å². The van der Waals surface area contributed by atoms with Crippen LogP contribution in [0.15, 0.2) is 41.5 Å². The van der Waals surface area contributed by atoms with Crippen LogP contribution in [0.4, 0.5) is 5.69 Å². The van der Waals surface area contributed by atoms with Gasteiger partial charge in [0.2, 0.25) is 0 Å². The molecule has 2 aromatic rings. The zero-order valence-electron chi connectivity index (χ0n) is 13.8. The normalized spacial score (nSPS) is 16.2. The summed E-state index contributed by atoms with van der Waals surface area (Å²) in [6.07, 6.45) is 6.12. The Bertz CT molecular complexity index is 753. The maximum absolute atomic E-state index is 10.7. The molecule has 2 heterocycles. The topological polar surface area (TPSA) is 47.9 Å². The van der Waals surface area contributed by atoms with E-state index in [1.807, 2.05) is 18.2 Å². The molecule has 0 aliphatic carbocycles. The van der Waals surface area contributed by atoms with Gasteiger partial charge in [-0.15, -0.1) is 0 Å². The molecule has 0 saturated carbocycles. The molecule has 0 saturated heterocycles. The molecule has 24 heavy (non-hydrogen) atoms. The van der Waals surface area contributed by atoms with Gasteiger partial charge in [0.1, 0.15) is 5.75 Å². The first kappa shape index (κ1) is 15.1. The van der Waals surface area contributed by atoms with Crippen LogP contribution < -0.4 is 10.3 Å². The minimum absolute atomic E-state index is 0.408. The highest BCUT2D eigenvalue weighted by molar-refractivity contribution is 5.87. The summed E-state index contributed by atoms with van der Waals surface area (Å²) in [5.41, 5.74) is 8.85. The monoisotopic (exact) mass is 321 g/mol. The van der Waals surface area contributed by atoms with E-state index in [0.717, 1.165) is 43.5 Å². The molecular formula is C20H23N3O. The molecule has 0 radical (unpaired) electrons. The molecule has 4 rings (SSSR count).